The summed E-state index contributed by atoms with van der Waals surface area (Å²) in [5, 5.41) is -0.993. The summed E-state index contributed by atoms with van der Waals surface area (Å²) in [5.74, 6) is 0. The lowest BCUT2D eigenvalue weighted by Gasteiger charge is -2.03. The highest BCUT2D eigenvalue weighted by atomic mass is 35.5. The molecule has 0 amide bonds. The molecule has 0 radical (unpaired) electrons. The van der Waals surface area contributed by atoms with E-state index in [1.165, 1.54) is 0 Å². The number of rotatable bonds is 6. The zero-order valence-corrected chi connectivity index (χ0v) is 9.09. The van der Waals surface area contributed by atoms with Gasteiger partial charge in [0.25, 0.3) is 0 Å². The Hall–Kier alpha value is -0.180. The van der Waals surface area contributed by atoms with E-state index in [9.17, 15) is 13.2 Å². The van der Waals surface area contributed by atoms with Gasteiger partial charge in [0.05, 0.1) is 0 Å². The van der Waals surface area contributed by atoms with Gasteiger partial charge >= 0.3 is 6.18 Å². The molecule has 0 nitrogen and oxygen atoms in total. The molecule has 0 spiro atoms. The first-order valence-corrected chi connectivity index (χ1v) is 5.29. The molecule has 0 heterocycles. The topological polar surface area (TPSA) is 0 Å². The number of halogens is 4. The molecule has 0 bridgehead atoms. The number of alkyl halides is 3. The van der Waals surface area contributed by atoms with Gasteiger partial charge in [0.15, 0.2) is 0 Å². The largest absolute Gasteiger partial charge is 0.426 e. The fraction of sp³-hybridized carbons (Fsp3) is 0.800. The molecule has 0 saturated heterocycles. The second kappa shape index (κ2) is 7.16. The molecule has 0 aromatic carbocycles. The highest BCUT2D eigenvalue weighted by molar-refractivity contribution is 6.30. The summed E-state index contributed by atoms with van der Waals surface area (Å²) in [7, 11) is 0. The van der Waals surface area contributed by atoms with Crippen LogP contribution in [0.25, 0.3) is 0 Å². The monoisotopic (exact) mass is 228 g/mol. The predicted molar refractivity (Wildman–Crippen MR) is 53.4 cm³/mol. The average molecular weight is 229 g/mol. The second-order valence-corrected chi connectivity index (χ2v) is 3.66. The van der Waals surface area contributed by atoms with E-state index in [4.69, 9.17) is 11.6 Å². The molecule has 0 aliphatic rings. The lowest BCUT2D eigenvalue weighted by Crippen LogP contribution is -2.06. The lowest BCUT2D eigenvalue weighted by atomic mass is 10.1. The van der Waals surface area contributed by atoms with E-state index < -0.39 is 11.2 Å². The number of allylic oxidation sites excluding steroid dienone is 2. The van der Waals surface area contributed by atoms with Crippen LogP contribution in [0.3, 0.4) is 0 Å². The van der Waals surface area contributed by atoms with Crippen molar-refractivity contribution in [3.63, 3.8) is 0 Å². The molecule has 0 unspecified atom stereocenters. The Kier molecular flexibility index (Phi) is 7.06. The first kappa shape index (κ1) is 13.8. The fourth-order valence-electron chi connectivity index (χ4n) is 1.09. The van der Waals surface area contributed by atoms with Gasteiger partial charge in [-0.1, -0.05) is 50.3 Å². The SMILES string of the molecule is CCCCCCC/C=C(\Cl)C(F)(F)F. The first-order chi connectivity index (χ1) is 6.48. The third-order valence-corrected chi connectivity index (χ3v) is 2.27. The molecule has 0 aliphatic carbocycles. The van der Waals surface area contributed by atoms with Gasteiger partial charge in [-0.05, 0) is 12.8 Å². The van der Waals surface area contributed by atoms with Gasteiger partial charge in [0.2, 0.25) is 0 Å². The Morgan fingerprint density at radius 1 is 1.14 bits per heavy atom. The standard InChI is InChI=1S/C10H16ClF3/c1-2-3-4-5-6-7-8-9(11)10(12,13)14/h8H,2-7H2,1H3/b9-8-. The van der Waals surface area contributed by atoms with Crippen LogP contribution in [0.2, 0.25) is 0 Å². The fourth-order valence-corrected chi connectivity index (χ4v) is 1.20. The summed E-state index contributed by atoms with van der Waals surface area (Å²) in [5.41, 5.74) is 0. The highest BCUT2D eigenvalue weighted by Gasteiger charge is 2.31. The third-order valence-electron chi connectivity index (χ3n) is 1.90. The molecule has 0 saturated carbocycles. The van der Waals surface area contributed by atoms with Crippen molar-refractivity contribution in [1.29, 1.82) is 0 Å². The Bertz CT molecular complexity index is 173. The predicted octanol–water partition coefficient (Wildman–Crippen LogP) is 5.03. The van der Waals surface area contributed by atoms with E-state index in [1.54, 1.807) is 0 Å². The molecular formula is C10H16ClF3. The van der Waals surface area contributed by atoms with Crippen molar-refractivity contribution in [3.8, 4) is 0 Å². The number of hydrogen-bond donors (Lipinski definition) is 0. The van der Waals surface area contributed by atoms with Crippen LogP contribution in [-0.4, -0.2) is 6.18 Å². The van der Waals surface area contributed by atoms with Crippen molar-refractivity contribution in [2.24, 2.45) is 0 Å². The van der Waals surface area contributed by atoms with Crippen LogP contribution in [0.5, 0.6) is 0 Å². The smallest absolute Gasteiger partial charge is 0.165 e. The van der Waals surface area contributed by atoms with Crippen molar-refractivity contribution in [1.82, 2.24) is 0 Å². The Morgan fingerprint density at radius 3 is 2.21 bits per heavy atom. The van der Waals surface area contributed by atoms with Gasteiger partial charge < -0.3 is 0 Å². The molecule has 0 N–H and O–H groups in total. The zero-order chi connectivity index (χ0) is 11.0. The van der Waals surface area contributed by atoms with E-state index >= 15 is 0 Å². The molecule has 0 rings (SSSR count). The van der Waals surface area contributed by atoms with Crippen molar-refractivity contribution >= 4 is 11.6 Å². The minimum atomic E-state index is -4.37. The van der Waals surface area contributed by atoms with Crippen molar-refractivity contribution in [2.45, 2.75) is 51.6 Å². The van der Waals surface area contributed by atoms with E-state index in [2.05, 4.69) is 6.92 Å². The van der Waals surface area contributed by atoms with Gasteiger partial charge in [0, 0.05) is 0 Å². The Balaban J connectivity index is 3.52. The maximum absolute atomic E-state index is 11.9. The van der Waals surface area contributed by atoms with Crippen LogP contribution in [0.15, 0.2) is 11.1 Å². The zero-order valence-electron chi connectivity index (χ0n) is 8.33. The minimum absolute atomic E-state index is 0.419. The van der Waals surface area contributed by atoms with Crippen molar-refractivity contribution in [2.75, 3.05) is 0 Å². The van der Waals surface area contributed by atoms with Crippen LogP contribution in [-0.2, 0) is 0 Å². The first-order valence-electron chi connectivity index (χ1n) is 4.91. The van der Waals surface area contributed by atoms with E-state index in [0.717, 1.165) is 38.2 Å². The molecule has 14 heavy (non-hydrogen) atoms. The second-order valence-electron chi connectivity index (χ2n) is 3.25. The third kappa shape index (κ3) is 7.25. The summed E-state index contributed by atoms with van der Waals surface area (Å²) in [4.78, 5) is 0. The quantitative estimate of drug-likeness (QED) is 0.559. The maximum atomic E-state index is 11.9. The molecule has 0 fully saturated rings. The summed E-state index contributed by atoms with van der Waals surface area (Å²) >= 11 is 5.03. The van der Waals surface area contributed by atoms with Crippen LogP contribution in [0.1, 0.15) is 45.4 Å². The summed E-state index contributed by atoms with van der Waals surface area (Å²) < 4.78 is 35.6. The number of hydrogen-bond acceptors (Lipinski definition) is 0. The van der Waals surface area contributed by atoms with Crippen molar-refractivity contribution < 1.29 is 13.2 Å². The van der Waals surface area contributed by atoms with Gasteiger partial charge in [-0.15, -0.1) is 0 Å². The summed E-state index contributed by atoms with van der Waals surface area (Å²) in [6.07, 6.45) is 2.25. The highest BCUT2D eigenvalue weighted by Crippen LogP contribution is 2.29. The van der Waals surface area contributed by atoms with Crippen molar-refractivity contribution in [3.05, 3.63) is 11.1 Å². The summed E-state index contributed by atoms with van der Waals surface area (Å²) in [6.45, 7) is 2.10. The van der Waals surface area contributed by atoms with E-state index in [1.807, 2.05) is 0 Å². The lowest BCUT2D eigenvalue weighted by molar-refractivity contribution is -0.0847. The molecule has 0 atom stereocenters. The molecule has 0 aromatic heterocycles. The van der Waals surface area contributed by atoms with Crippen LogP contribution in [0, 0.1) is 0 Å². The molecular weight excluding hydrogens is 213 g/mol. The number of unbranched alkanes of at least 4 members (excludes halogenated alkanes) is 5. The van der Waals surface area contributed by atoms with Crippen LogP contribution >= 0.6 is 11.6 Å². The minimum Gasteiger partial charge on any atom is -0.165 e. The Morgan fingerprint density at radius 2 is 1.71 bits per heavy atom. The van der Waals surface area contributed by atoms with E-state index in [-0.39, 0.29) is 0 Å². The summed E-state index contributed by atoms with van der Waals surface area (Å²) in [6, 6.07) is 0. The average Bonchev–Trinajstić information content (AvgIpc) is 2.09. The van der Waals surface area contributed by atoms with Gasteiger partial charge in [-0.3, -0.25) is 0 Å². The van der Waals surface area contributed by atoms with E-state index in [0.29, 0.717) is 6.42 Å². The molecule has 84 valence electrons. The normalized spacial score (nSPS) is 13.4. The van der Waals surface area contributed by atoms with Gasteiger partial charge in [-0.2, -0.15) is 13.2 Å². The van der Waals surface area contributed by atoms with Gasteiger partial charge in [-0.25, -0.2) is 0 Å². The molecule has 4 heteroatoms. The molecule has 0 aromatic rings. The van der Waals surface area contributed by atoms with Crippen LogP contribution < -0.4 is 0 Å². The molecule has 0 aliphatic heterocycles. The van der Waals surface area contributed by atoms with Gasteiger partial charge in [0.1, 0.15) is 5.03 Å². The maximum Gasteiger partial charge on any atom is 0.426 e. The van der Waals surface area contributed by atoms with Crippen LogP contribution in [0.4, 0.5) is 13.2 Å². The Labute approximate surface area is 88.1 Å².